The van der Waals surface area contributed by atoms with Gasteiger partial charge in [0.05, 0.1) is 5.58 Å². The Bertz CT molecular complexity index is 1850. The Hall–Kier alpha value is -3.05. The van der Waals surface area contributed by atoms with Crippen LogP contribution in [0.25, 0.3) is 44.5 Å². The van der Waals surface area contributed by atoms with E-state index >= 15 is 0 Å². The van der Waals surface area contributed by atoms with Crippen LogP contribution in [0.15, 0.2) is 95.7 Å². The first kappa shape index (κ1) is 33.8. The van der Waals surface area contributed by atoms with Gasteiger partial charge in [-0.1, -0.05) is 41.3 Å². The SMILES string of the molecule is CC(C)Cc1cc(-c2[c-]ccc(C(C)(C)C)c2)nc[c]1[Ge]([CH3])([CH3])[CH3].[Ir].[c-]1ccc2c(oc3ccccc32)c1-c1ccccn1. The topological polar surface area (TPSA) is 38.9 Å². The minimum Gasteiger partial charge on any atom is -0.501 e. The van der Waals surface area contributed by atoms with Crippen molar-refractivity contribution < 1.29 is 24.5 Å². The molecule has 3 aromatic carbocycles. The van der Waals surface area contributed by atoms with Crippen molar-refractivity contribution in [3.05, 3.63) is 115 Å². The molecule has 5 heteroatoms. The average molecular weight is 820 g/mol. The second-order valence-electron chi connectivity index (χ2n) is 13.7. The van der Waals surface area contributed by atoms with Crippen LogP contribution in [0, 0.1) is 18.1 Å². The first-order chi connectivity index (χ1) is 20.4. The fourth-order valence-corrected chi connectivity index (χ4v) is 8.74. The largest absolute Gasteiger partial charge is 0.501 e. The second kappa shape index (κ2) is 13.9. The number of hydrogen-bond acceptors (Lipinski definition) is 3. The number of nitrogens with zero attached hydrogens (tertiary/aromatic N) is 2. The van der Waals surface area contributed by atoms with Crippen LogP contribution >= 0.6 is 0 Å². The maximum absolute atomic E-state index is 5.97. The molecule has 0 spiro atoms. The molecule has 3 heterocycles. The third kappa shape index (κ3) is 7.77. The number of furan rings is 1. The molecule has 6 rings (SSSR count). The van der Waals surface area contributed by atoms with Crippen LogP contribution in [0.1, 0.15) is 45.7 Å². The van der Waals surface area contributed by atoms with E-state index in [1.165, 1.54) is 11.1 Å². The number of para-hydroxylation sites is 1. The molecule has 0 aliphatic heterocycles. The van der Waals surface area contributed by atoms with Gasteiger partial charge >= 0.3 is 151 Å². The molecular formula is C39H42GeIrN2O-2. The fourth-order valence-electron chi connectivity index (χ4n) is 5.40. The summed E-state index contributed by atoms with van der Waals surface area (Å²) in [5.74, 6) is 8.01. The van der Waals surface area contributed by atoms with Crippen LogP contribution in [0.5, 0.6) is 0 Å². The molecule has 44 heavy (non-hydrogen) atoms. The van der Waals surface area contributed by atoms with Crippen LogP contribution in [0.3, 0.4) is 0 Å². The summed E-state index contributed by atoms with van der Waals surface area (Å²) >= 11 is -1.91. The Labute approximate surface area is 279 Å². The molecule has 3 nitrogen and oxygen atoms in total. The standard InChI is InChI=1S/C22H32GeN.C17H10NO.Ir/c1-16(2)12-18-14-21(24-15-20(18)23(6,7)8)17-10-9-11-19(13-17)22(3,4)5;1-2-10-16-12(6-1)13-7-5-8-14(17(13)19-16)15-9-3-4-11-18-15;/h9,11,13-16H,12H2,1-8H3;1-7,9-11H;/q2*-1;. The van der Waals surface area contributed by atoms with Crippen molar-refractivity contribution in [2.24, 2.45) is 5.92 Å². The van der Waals surface area contributed by atoms with E-state index in [2.05, 4.69) is 99.5 Å². The van der Waals surface area contributed by atoms with Crippen LogP contribution < -0.4 is 4.40 Å². The van der Waals surface area contributed by atoms with E-state index in [4.69, 9.17) is 9.40 Å². The molecule has 1 radical (unpaired) electrons. The quantitative estimate of drug-likeness (QED) is 0.129. The van der Waals surface area contributed by atoms with E-state index < -0.39 is 13.3 Å². The summed E-state index contributed by atoms with van der Waals surface area (Å²) in [7, 11) is 0. The zero-order valence-corrected chi connectivity index (χ0v) is 31.6. The Morgan fingerprint density at radius 1 is 0.818 bits per heavy atom. The number of fused-ring (bicyclic) bond motifs is 3. The molecule has 229 valence electrons. The number of rotatable bonds is 5. The molecule has 0 atom stereocenters. The molecule has 0 fully saturated rings. The van der Waals surface area contributed by atoms with Gasteiger partial charge in [0.25, 0.3) is 0 Å². The van der Waals surface area contributed by atoms with Gasteiger partial charge < -0.3 is 9.40 Å². The summed E-state index contributed by atoms with van der Waals surface area (Å²) in [5, 5.41) is 2.23. The third-order valence-electron chi connectivity index (χ3n) is 7.63. The number of benzene rings is 3. The van der Waals surface area contributed by atoms with E-state index in [0.29, 0.717) is 5.92 Å². The zero-order valence-electron chi connectivity index (χ0n) is 27.1. The van der Waals surface area contributed by atoms with Gasteiger partial charge in [-0.15, -0.1) is 18.2 Å². The Morgan fingerprint density at radius 2 is 1.55 bits per heavy atom. The number of aromatic nitrogens is 2. The third-order valence-corrected chi connectivity index (χ3v) is 12.0. The van der Waals surface area contributed by atoms with E-state index in [0.717, 1.165) is 50.9 Å². The summed E-state index contributed by atoms with van der Waals surface area (Å²) in [6, 6.07) is 33.3. The van der Waals surface area contributed by atoms with Gasteiger partial charge in [0.2, 0.25) is 0 Å². The first-order valence-corrected chi connectivity index (χ1v) is 22.5. The van der Waals surface area contributed by atoms with E-state index in [-0.39, 0.29) is 25.5 Å². The van der Waals surface area contributed by atoms with E-state index in [1.807, 2.05) is 54.6 Å². The van der Waals surface area contributed by atoms with Gasteiger partial charge in [0, 0.05) is 31.7 Å². The van der Waals surface area contributed by atoms with Gasteiger partial charge in [-0.25, -0.2) is 0 Å². The molecule has 0 N–H and O–H groups in total. The second-order valence-corrected chi connectivity index (χ2v) is 24.3. The van der Waals surface area contributed by atoms with Crippen molar-refractivity contribution >= 4 is 39.6 Å². The molecular weight excluding hydrogens is 777 g/mol. The fraction of sp³-hybridized carbons (Fsp3) is 0.282. The normalized spacial score (nSPS) is 11.8. The summed E-state index contributed by atoms with van der Waals surface area (Å²) in [6.45, 7) is 11.3. The minimum absolute atomic E-state index is 0. The number of hydrogen-bond donors (Lipinski definition) is 0. The van der Waals surface area contributed by atoms with Gasteiger partial charge in [-0.2, -0.15) is 0 Å². The Balaban J connectivity index is 0.000000200. The molecule has 0 amide bonds. The number of pyridine rings is 2. The van der Waals surface area contributed by atoms with Crippen molar-refractivity contribution in [3.8, 4) is 22.5 Å². The van der Waals surface area contributed by atoms with Crippen LogP contribution in [-0.4, -0.2) is 23.2 Å². The maximum Gasteiger partial charge on any atom is 0.120 e. The first-order valence-electron chi connectivity index (χ1n) is 15.2. The van der Waals surface area contributed by atoms with Crippen molar-refractivity contribution in [3.63, 3.8) is 0 Å². The minimum atomic E-state index is -1.91. The van der Waals surface area contributed by atoms with E-state index in [1.54, 1.807) is 10.6 Å². The zero-order chi connectivity index (χ0) is 30.8. The smallest absolute Gasteiger partial charge is 0.120 e. The summed E-state index contributed by atoms with van der Waals surface area (Å²) in [4.78, 5) is 9.20. The van der Waals surface area contributed by atoms with Crippen molar-refractivity contribution in [1.29, 1.82) is 0 Å². The van der Waals surface area contributed by atoms with Crippen LogP contribution in [-0.2, 0) is 31.9 Å². The molecule has 0 aliphatic carbocycles. The molecule has 3 aromatic heterocycles. The van der Waals surface area contributed by atoms with Gasteiger partial charge in [0.1, 0.15) is 5.58 Å². The van der Waals surface area contributed by atoms with Gasteiger partial charge in [-0.05, 0) is 17.8 Å². The molecule has 0 saturated heterocycles. The monoisotopic (exact) mass is 821 g/mol. The van der Waals surface area contributed by atoms with Crippen LogP contribution in [0.2, 0.25) is 17.3 Å². The van der Waals surface area contributed by atoms with Crippen molar-refractivity contribution in [2.45, 2.75) is 63.7 Å². The maximum atomic E-state index is 5.97. The summed E-state index contributed by atoms with van der Waals surface area (Å²) in [5.41, 5.74) is 8.69. The predicted octanol–water partition coefficient (Wildman–Crippen LogP) is 10.0. The summed E-state index contributed by atoms with van der Waals surface area (Å²) < 4.78 is 7.51. The Kier molecular flexibility index (Phi) is 10.7. The molecule has 0 aliphatic rings. The molecule has 0 unspecified atom stereocenters. The van der Waals surface area contributed by atoms with E-state index in [9.17, 15) is 0 Å². The van der Waals surface area contributed by atoms with Crippen molar-refractivity contribution in [2.75, 3.05) is 0 Å². The van der Waals surface area contributed by atoms with Gasteiger partial charge in [0.15, 0.2) is 0 Å². The van der Waals surface area contributed by atoms with Gasteiger partial charge in [-0.3, -0.25) is 0 Å². The predicted molar refractivity (Wildman–Crippen MR) is 185 cm³/mol. The molecule has 0 bridgehead atoms. The average Bonchev–Trinajstić information content (AvgIpc) is 3.36. The van der Waals surface area contributed by atoms with Crippen molar-refractivity contribution in [1.82, 2.24) is 9.97 Å². The molecule has 6 aromatic rings. The summed E-state index contributed by atoms with van der Waals surface area (Å²) in [6.07, 6.45) is 5.07. The molecule has 0 saturated carbocycles. The van der Waals surface area contributed by atoms with Crippen LogP contribution in [0.4, 0.5) is 0 Å². The Morgan fingerprint density at radius 3 is 2.23 bits per heavy atom.